The van der Waals surface area contributed by atoms with Gasteiger partial charge in [0.15, 0.2) is 0 Å². The summed E-state index contributed by atoms with van der Waals surface area (Å²) in [6.45, 7) is 1.60. The molecule has 164 valence electrons. The highest BCUT2D eigenvalue weighted by Crippen LogP contribution is 2.36. The van der Waals surface area contributed by atoms with Crippen LogP contribution in [-0.2, 0) is 9.53 Å². The fourth-order valence-corrected chi connectivity index (χ4v) is 4.61. The van der Waals surface area contributed by atoms with Crippen LogP contribution in [0, 0.1) is 0 Å². The molecule has 0 bridgehead atoms. The van der Waals surface area contributed by atoms with Gasteiger partial charge in [0.25, 0.3) is 0 Å². The molecule has 0 saturated carbocycles. The molecule has 32 heavy (non-hydrogen) atoms. The fourth-order valence-electron chi connectivity index (χ4n) is 2.67. The molecule has 3 aromatic rings. The van der Waals surface area contributed by atoms with Crippen LogP contribution < -0.4 is 5.32 Å². The summed E-state index contributed by atoms with van der Waals surface area (Å²) in [6, 6.07) is 26.0. The summed E-state index contributed by atoms with van der Waals surface area (Å²) in [5.74, 6) is -0.980. The Morgan fingerprint density at radius 2 is 1.56 bits per heavy atom. The summed E-state index contributed by atoms with van der Waals surface area (Å²) in [5.41, 5.74) is 0.879. The molecular weight excluding hydrogens is 442 g/mol. The maximum absolute atomic E-state index is 12.2. The lowest BCUT2D eigenvalue weighted by Crippen LogP contribution is -2.14. The van der Waals surface area contributed by atoms with Crippen molar-refractivity contribution >= 4 is 41.3 Å². The number of hydrogen-bond acceptors (Lipinski definition) is 5. The maximum atomic E-state index is 12.2. The number of nitrogens with one attached hydrogen (secondary N) is 1. The van der Waals surface area contributed by atoms with Crippen LogP contribution >= 0.6 is 23.5 Å². The molecule has 2 N–H and O–H groups in total. The standard InChI is InChI=1S/C25H23NO4S2/c1-18(24(27)28)9-8-16-30-25(29)26-22-14-5-6-15-23(22)32-21-13-7-12-20(17-21)31-19-10-3-2-4-11-19/h2-7,9-15,17H,8,16H2,1H3,(H,26,29)(H,27,28). The van der Waals surface area contributed by atoms with E-state index in [-0.39, 0.29) is 12.2 Å². The van der Waals surface area contributed by atoms with Crippen molar-refractivity contribution in [2.45, 2.75) is 32.9 Å². The summed E-state index contributed by atoms with van der Waals surface area (Å²) < 4.78 is 5.17. The van der Waals surface area contributed by atoms with Crippen LogP contribution in [0.4, 0.5) is 10.5 Å². The van der Waals surface area contributed by atoms with Gasteiger partial charge in [0.2, 0.25) is 0 Å². The van der Waals surface area contributed by atoms with Gasteiger partial charge in [-0.3, -0.25) is 5.32 Å². The minimum absolute atomic E-state index is 0.102. The number of benzene rings is 3. The molecule has 0 spiro atoms. The van der Waals surface area contributed by atoms with E-state index in [0.717, 1.165) is 14.7 Å². The fraction of sp³-hybridized carbons (Fsp3) is 0.120. The van der Waals surface area contributed by atoms with Crippen LogP contribution in [-0.4, -0.2) is 23.8 Å². The van der Waals surface area contributed by atoms with Gasteiger partial charge >= 0.3 is 12.1 Å². The van der Waals surface area contributed by atoms with Crippen molar-refractivity contribution in [1.29, 1.82) is 0 Å². The van der Waals surface area contributed by atoms with E-state index in [9.17, 15) is 9.59 Å². The number of aliphatic carboxylic acids is 1. The zero-order valence-electron chi connectivity index (χ0n) is 17.5. The summed E-state index contributed by atoms with van der Waals surface area (Å²) >= 11 is 3.26. The Kier molecular flexibility index (Phi) is 8.83. The Morgan fingerprint density at radius 1 is 0.906 bits per heavy atom. The molecule has 0 fully saturated rings. The molecule has 3 rings (SSSR count). The zero-order valence-corrected chi connectivity index (χ0v) is 19.1. The molecule has 0 atom stereocenters. The topological polar surface area (TPSA) is 75.6 Å². The Labute approximate surface area is 195 Å². The van der Waals surface area contributed by atoms with Crippen LogP contribution in [0.1, 0.15) is 13.3 Å². The first-order valence-electron chi connectivity index (χ1n) is 9.95. The number of ether oxygens (including phenoxy) is 1. The quantitative estimate of drug-likeness (QED) is 0.263. The van der Waals surface area contributed by atoms with Crippen molar-refractivity contribution in [3.63, 3.8) is 0 Å². The highest BCUT2D eigenvalue weighted by atomic mass is 32.2. The van der Waals surface area contributed by atoms with E-state index in [1.165, 1.54) is 17.9 Å². The molecule has 0 aromatic heterocycles. The molecule has 0 aliphatic rings. The third-order valence-electron chi connectivity index (χ3n) is 4.27. The largest absolute Gasteiger partial charge is 0.478 e. The number of anilines is 1. The molecule has 3 aromatic carbocycles. The first kappa shape index (κ1) is 23.5. The maximum Gasteiger partial charge on any atom is 0.411 e. The van der Waals surface area contributed by atoms with E-state index in [1.54, 1.807) is 23.5 Å². The lowest BCUT2D eigenvalue weighted by molar-refractivity contribution is -0.132. The summed E-state index contributed by atoms with van der Waals surface area (Å²) in [6.07, 6.45) is 1.29. The summed E-state index contributed by atoms with van der Waals surface area (Å²) in [5, 5.41) is 11.6. The van der Waals surface area contributed by atoms with Crippen LogP contribution in [0.3, 0.4) is 0 Å². The van der Waals surface area contributed by atoms with Crippen molar-refractivity contribution in [2.24, 2.45) is 0 Å². The molecule has 7 heteroatoms. The van der Waals surface area contributed by atoms with Crippen LogP contribution in [0.2, 0.25) is 0 Å². The number of rotatable bonds is 9. The van der Waals surface area contributed by atoms with Gasteiger partial charge in [-0.25, -0.2) is 9.59 Å². The van der Waals surface area contributed by atoms with E-state index in [4.69, 9.17) is 9.84 Å². The first-order chi connectivity index (χ1) is 15.5. The van der Waals surface area contributed by atoms with Crippen molar-refractivity contribution < 1.29 is 19.4 Å². The van der Waals surface area contributed by atoms with Gasteiger partial charge in [0.05, 0.1) is 12.3 Å². The van der Waals surface area contributed by atoms with Crippen molar-refractivity contribution in [3.8, 4) is 0 Å². The van der Waals surface area contributed by atoms with Gasteiger partial charge in [0, 0.05) is 31.6 Å². The Bertz CT molecular complexity index is 1100. The van der Waals surface area contributed by atoms with Crippen LogP contribution in [0.5, 0.6) is 0 Å². The monoisotopic (exact) mass is 465 g/mol. The highest BCUT2D eigenvalue weighted by Gasteiger charge is 2.09. The molecule has 0 heterocycles. The third kappa shape index (κ3) is 7.51. The predicted molar refractivity (Wildman–Crippen MR) is 129 cm³/mol. The number of carbonyl (C=O) groups excluding carboxylic acids is 1. The Hall–Kier alpha value is -3.16. The molecule has 0 saturated heterocycles. The van der Waals surface area contributed by atoms with Crippen LogP contribution in [0.15, 0.2) is 110 Å². The number of carboxylic acids is 1. The minimum Gasteiger partial charge on any atom is -0.478 e. The molecule has 0 aliphatic carbocycles. The second-order valence-corrected chi connectivity index (χ2v) is 8.99. The molecular formula is C25H23NO4S2. The van der Waals surface area contributed by atoms with Gasteiger partial charge in [0.1, 0.15) is 0 Å². The van der Waals surface area contributed by atoms with E-state index < -0.39 is 12.1 Å². The second-order valence-electron chi connectivity index (χ2n) is 6.73. The second kappa shape index (κ2) is 12.0. The average molecular weight is 466 g/mol. The predicted octanol–water partition coefficient (Wildman–Crippen LogP) is 6.96. The van der Waals surface area contributed by atoms with E-state index in [2.05, 4.69) is 29.6 Å². The van der Waals surface area contributed by atoms with Gasteiger partial charge in [-0.1, -0.05) is 66.0 Å². The van der Waals surface area contributed by atoms with E-state index in [0.29, 0.717) is 12.1 Å². The van der Waals surface area contributed by atoms with Gasteiger partial charge in [-0.05, 0) is 49.4 Å². The van der Waals surface area contributed by atoms with Gasteiger partial charge in [-0.2, -0.15) is 0 Å². The SMILES string of the molecule is CC(=CCCOC(=O)Nc1ccccc1Sc1cccc(Sc2ccccc2)c1)C(=O)O. The lowest BCUT2D eigenvalue weighted by Gasteiger charge is -2.11. The smallest absolute Gasteiger partial charge is 0.411 e. The number of hydrogen-bond donors (Lipinski definition) is 2. The third-order valence-corrected chi connectivity index (χ3v) is 6.34. The average Bonchev–Trinajstić information content (AvgIpc) is 2.79. The molecule has 0 aliphatic heterocycles. The first-order valence-corrected chi connectivity index (χ1v) is 11.6. The van der Waals surface area contributed by atoms with Crippen LogP contribution in [0.25, 0.3) is 0 Å². The zero-order chi connectivity index (χ0) is 22.8. The molecule has 0 radical (unpaired) electrons. The number of para-hydroxylation sites is 1. The Morgan fingerprint density at radius 3 is 2.31 bits per heavy atom. The minimum atomic E-state index is -0.980. The van der Waals surface area contributed by atoms with Gasteiger partial charge < -0.3 is 9.84 Å². The highest BCUT2D eigenvalue weighted by molar-refractivity contribution is 8.00. The molecule has 1 amide bonds. The van der Waals surface area contributed by atoms with Gasteiger partial charge in [-0.15, -0.1) is 0 Å². The molecule has 5 nitrogen and oxygen atoms in total. The van der Waals surface area contributed by atoms with E-state index >= 15 is 0 Å². The van der Waals surface area contributed by atoms with Crippen molar-refractivity contribution in [1.82, 2.24) is 0 Å². The lowest BCUT2D eigenvalue weighted by atomic mass is 10.2. The summed E-state index contributed by atoms with van der Waals surface area (Å²) in [7, 11) is 0. The van der Waals surface area contributed by atoms with Crippen molar-refractivity contribution in [2.75, 3.05) is 11.9 Å². The number of carbonyl (C=O) groups is 2. The normalized spacial score (nSPS) is 11.1. The molecule has 0 unspecified atom stereocenters. The Balaban J connectivity index is 1.60. The summed E-state index contributed by atoms with van der Waals surface area (Å²) in [4.78, 5) is 27.2. The van der Waals surface area contributed by atoms with E-state index in [1.807, 2.05) is 54.6 Å². The van der Waals surface area contributed by atoms with Crippen molar-refractivity contribution in [3.05, 3.63) is 90.5 Å². The number of carboxylic acid groups (broad SMARTS) is 1. The number of amides is 1.